The van der Waals surface area contributed by atoms with E-state index in [4.69, 9.17) is 4.74 Å². The van der Waals surface area contributed by atoms with E-state index < -0.39 is 0 Å². The minimum atomic E-state index is 0.419. The molecule has 0 aliphatic carbocycles. The second-order valence-electron chi connectivity index (χ2n) is 5.21. The Hall–Kier alpha value is -1.10. The average molecular weight is 263 g/mol. The summed E-state index contributed by atoms with van der Waals surface area (Å²) in [4.78, 5) is 2.46. The third-order valence-corrected chi connectivity index (χ3v) is 3.57. The summed E-state index contributed by atoms with van der Waals surface area (Å²) >= 11 is 0. The van der Waals surface area contributed by atoms with Gasteiger partial charge in [-0.05, 0) is 25.6 Å². The zero-order valence-corrected chi connectivity index (χ0v) is 12.2. The van der Waals surface area contributed by atoms with Crippen molar-refractivity contribution in [3.63, 3.8) is 0 Å². The fraction of sp³-hybridized carbons (Fsp3) is 0.600. The fourth-order valence-electron chi connectivity index (χ4n) is 2.71. The molecule has 0 spiro atoms. The third kappa shape index (κ3) is 3.69. The quantitative estimate of drug-likeness (QED) is 0.835. The molecule has 1 aliphatic heterocycles. The Kier molecular flexibility index (Phi) is 5.19. The molecule has 4 heteroatoms. The number of nitrogens with one attached hydrogen (secondary N) is 2. The van der Waals surface area contributed by atoms with Gasteiger partial charge in [0.05, 0.1) is 6.61 Å². The first-order valence-electron chi connectivity index (χ1n) is 6.96. The number of aryl methyl sites for hydroxylation is 1. The van der Waals surface area contributed by atoms with Crippen LogP contribution in [-0.4, -0.2) is 46.4 Å². The molecule has 0 bridgehead atoms. The minimum absolute atomic E-state index is 0.419. The lowest BCUT2D eigenvalue weighted by atomic mass is 10.1. The van der Waals surface area contributed by atoms with Crippen LogP contribution in [0.3, 0.4) is 0 Å². The number of methoxy groups -OCH3 is 1. The predicted molar refractivity (Wildman–Crippen MR) is 79.8 cm³/mol. The van der Waals surface area contributed by atoms with Crippen molar-refractivity contribution in [1.29, 1.82) is 0 Å². The number of benzene rings is 1. The van der Waals surface area contributed by atoms with E-state index in [-0.39, 0.29) is 0 Å². The minimum Gasteiger partial charge on any atom is -0.383 e. The molecule has 0 saturated carbocycles. The second kappa shape index (κ2) is 6.89. The SMILES string of the molecule is CNCc1cc(C)ccc1N1CCNC(COC)C1. The van der Waals surface area contributed by atoms with Crippen molar-refractivity contribution in [2.45, 2.75) is 19.5 Å². The Morgan fingerprint density at radius 3 is 3.05 bits per heavy atom. The van der Waals surface area contributed by atoms with Gasteiger partial charge in [-0.3, -0.25) is 0 Å². The first-order chi connectivity index (χ1) is 9.24. The summed E-state index contributed by atoms with van der Waals surface area (Å²) in [7, 11) is 3.76. The van der Waals surface area contributed by atoms with E-state index in [9.17, 15) is 0 Å². The van der Waals surface area contributed by atoms with E-state index in [1.807, 2.05) is 7.05 Å². The Morgan fingerprint density at radius 1 is 1.47 bits per heavy atom. The lowest BCUT2D eigenvalue weighted by Crippen LogP contribution is -2.52. The van der Waals surface area contributed by atoms with Crippen molar-refractivity contribution >= 4 is 5.69 Å². The third-order valence-electron chi connectivity index (χ3n) is 3.57. The van der Waals surface area contributed by atoms with E-state index in [2.05, 4.69) is 40.7 Å². The Morgan fingerprint density at radius 2 is 2.32 bits per heavy atom. The highest BCUT2D eigenvalue weighted by atomic mass is 16.5. The first-order valence-corrected chi connectivity index (χ1v) is 6.96. The summed E-state index contributed by atoms with van der Waals surface area (Å²) in [5.41, 5.74) is 4.04. The van der Waals surface area contributed by atoms with Crippen LogP contribution in [0.25, 0.3) is 0 Å². The van der Waals surface area contributed by atoms with Gasteiger partial charge in [0.25, 0.3) is 0 Å². The molecule has 1 saturated heterocycles. The molecule has 1 aromatic rings. The highest BCUT2D eigenvalue weighted by molar-refractivity contribution is 5.55. The largest absolute Gasteiger partial charge is 0.383 e. The standard InChI is InChI=1S/C15H25N3O/c1-12-4-5-15(13(8-12)9-16-2)18-7-6-17-14(10-18)11-19-3/h4-5,8,14,16-17H,6-7,9-11H2,1-3H3. The summed E-state index contributed by atoms with van der Waals surface area (Å²) in [6, 6.07) is 7.14. The molecular formula is C15H25N3O. The number of hydrogen-bond acceptors (Lipinski definition) is 4. The van der Waals surface area contributed by atoms with Crippen molar-refractivity contribution in [2.75, 3.05) is 45.3 Å². The van der Waals surface area contributed by atoms with Gasteiger partial charge in [-0.1, -0.05) is 17.7 Å². The first kappa shape index (κ1) is 14.3. The number of ether oxygens (including phenoxy) is 1. The van der Waals surface area contributed by atoms with Crippen LogP contribution in [0.2, 0.25) is 0 Å². The van der Waals surface area contributed by atoms with Gasteiger partial charge >= 0.3 is 0 Å². The van der Waals surface area contributed by atoms with Crippen LogP contribution >= 0.6 is 0 Å². The molecule has 1 unspecified atom stereocenters. The highest BCUT2D eigenvalue weighted by Crippen LogP contribution is 2.23. The molecule has 2 rings (SSSR count). The molecule has 1 heterocycles. The van der Waals surface area contributed by atoms with Crippen LogP contribution in [0.5, 0.6) is 0 Å². The average Bonchev–Trinajstić information content (AvgIpc) is 2.40. The molecule has 106 valence electrons. The van der Waals surface area contributed by atoms with E-state index in [1.54, 1.807) is 7.11 Å². The van der Waals surface area contributed by atoms with E-state index in [0.717, 1.165) is 32.8 Å². The van der Waals surface area contributed by atoms with Gasteiger partial charge in [0.15, 0.2) is 0 Å². The monoisotopic (exact) mass is 263 g/mol. The molecule has 1 aromatic carbocycles. The molecule has 19 heavy (non-hydrogen) atoms. The van der Waals surface area contributed by atoms with Gasteiger partial charge in [-0.15, -0.1) is 0 Å². The summed E-state index contributed by atoms with van der Waals surface area (Å²) in [5, 5.41) is 6.76. The summed E-state index contributed by atoms with van der Waals surface area (Å²) < 4.78 is 5.26. The van der Waals surface area contributed by atoms with E-state index in [0.29, 0.717) is 6.04 Å². The van der Waals surface area contributed by atoms with Crippen molar-refractivity contribution in [1.82, 2.24) is 10.6 Å². The number of anilines is 1. The molecule has 0 aromatic heterocycles. The summed E-state index contributed by atoms with van der Waals surface area (Å²) in [6.07, 6.45) is 0. The lowest BCUT2D eigenvalue weighted by molar-refractivity contribution is 0.163. The van der Waals surface area contributed by atoms with Crippen molar-refractivity contribution < 1.29 is 4.74 Å². The molecule has 2 N–H and O–H groups in total. The van der Waals surface area contributed by atoms with E-state index in [1.165, 1.54) is 16.8 Å². The number of rotatable bonds is 5. The van der Waals surface area contributed by atoms with Gasteiger partial charge in [0.1, 0.15) is 0 Å². The van der Waals surface area contributed by atoms with Crippen LogP contribution in [-0.2, 0) is 11.3 Å². The van der Waals surface area contributed by atoms with E-state index >= 15 is 0 Å². The summed E-state index contributed by atoms with van der Waals surface area (Å²) in [6.45, 7) is 6.91. The smallest absolute Gasteiger partial charge is 0.0633 e. The number of hydrogen-bond donors (Lipinski definition) is 2. The highest BCUT2D eigenvalue weighted by Gasteiger charge is 2.20. The van der Waals surface area contributed by atoms with Crippen LogP contribution in [0.15, 0.2) is 18.2 Å². The van der Waals surface area contributed by atoms with Crippen molar-refractivity contribution in [3.8, 4) is 0 Å². The number of piperazine rings is 1. The normalized spacial score (nSPS) is 19.7. The fourth-order valence-corrected chi connectivity index (χ4v) is 2.71. The van der Waals surface area contributed by atoms with Gasteiger partial charge < -0.3 is 20.3 Å². The van der Waals surface area contributed by atoms with Gasteiger partial charge in [-0.2, -0.15) is 0 Å². The maximum absolute atomic E-state index is 5.26. The molecule has 0 radical (unpaired) electrons. The Labute approximate surface area is 116 Å². The Balaban J connectivity index is 2.15. The molecule has 1 fully saturated rings. The molecule has 4 nitrogen and oxygen atoms in total. The van der Waals surface area contributed by atoms with Crippen molar-refractivity contribution in [3.05, 3.63) is 29.3 Å². The number of nitrogens with zero attached hydrogens (tertiary/aromatic N) is 1. The zero-order valence-electron chi connectivity index (χ0n) is 12.2. The molecule has 1 aliphatic rings. The van der Waals surface area contributed by atoms with Crippen LogP contribution in [0.4, 0.5) is 5.69 Å². The van der Waals surface area contributed by atoms with Crippen LogP contribution < -0.4 is 15.5 Å². The molecular weight excluding hydrogens is 238 g/mol. The van der Waals surface area contributed by atoms with Gasteiger partial charge in [0, 0.05) is 45.0 Å². The van der Waals surface area contributed by atoms with Crippen molar-refractivity contribution in [2.24, 2.45) is 0 Å². The molecule has 0 amide bonds. The van der Waals surface area contributed by atoms with Gasteiger partial charge in [-0.25, -0.2) is 0 Å². The maximum Gasteiger partial charge on any atom is 0.0633 e. The predicted octanol–water partition coefficient (Wildman–Crippen LogP) is 1.14. The summed E-state index contributed by atoms with van der Waals surface area (Å²) in [5.74, 6) is 0. The maximum atomic E-state index is 5.26. The zero-order chi connectivity index (χ0) is 13.7. The van der Waals surface area contributed by atoms with Crippen LogP contribution in [0, 0.1) is 6.92 Å². The van der Waals surface area contributed by atoms with Crippen LogP contribution in [0.1, 0.15) is 11.1 Å². The lowest BCUT2D eigenvalue weighted by Gasteiger charge is -2.36. The Bertz CT molecular complexity index is 406. The second-order valence-corrected chi connectivity index (χ2v) is 5.21. The topological polar surface area (TPSA) is 36.5 Å². The van der Waals surface area contributed by atoms with Gasteiger partial charge in [0.2, 0.25) is 0 Å². The molecule has 1 atom stereocenters.